The Morgan fingerprint density at radius 3 is 2.35 bits per heavy atom. The minimum Gasteiger partial charge on any atom is -0.462 e. The number of carbonyl (C=O) groups is 3. The Morgan fingerprint density at radius 1 is 1.06 bits per heavy atom. The van der Waals surface area contributed by atoms with Crippen molar-refractivity contribution in [3.63, 3.8) is 0 Å². The van der Waals surface area contributed by atoms with Gasteiger partial charge in [-0.1, -0.05) is 48.5 Å². The van der Waals surface area contributed by atoms with Gasteiger partial charge in [0, 0.05) is 16.8 Å². The van der Waals surface area contributed by atoms with Crippen LogP contribution in [0.4, 0.5) is 4.39 Å². The predicted molar refractivity (Wildman–Crippen MR) is 114 cm³/mol. The van der Waals surface area contributed by atoms with Gasteiger partial charge in [0.25, 0.3) is 11.7 Å². The molecule has 2 N–H and O–H groups in total. The lowest BCUT2D eigenvalue weighted by atomic mass is 9.97. The molecule has 0 bridgehead atoms. The number of ketones is 1. The molecule has 0 radical (unpaired) electrons. The predicted octanol–water partition coefficient (Wildman–Crippen LogP) is 4.37. The molecule has 0 unspecified atom stereocenters. The number of carbonyl (C=O) groups excluding carboxylic acids is 3. The lowest BCUT2D eigenvalue weighted by molar-refractivity contribution is -0.117. The fraction of sp³-hybridized carbons (Fsp3) is 0.208. The number of aromatic amines is 1. The van der Waals surface area contributed by atoms with E-state index in [0.29, 0.717) is 5.69 Å². The van der Waals surface area contributed by atoms with E-state index in [1.807, 2.05) is 30.3 Å². The summed E-state index contributed by atoms with van der Waals surface area (Å²) in [5.74, 6) is -3.10. The number of hydrogen-bond acceptors (Lipinski definition) is 4. The fourth-order valence-electron chi connectivity index (χ4n) is 3.39. The minimum absolute atomic E-state index is 0.0153. The standard InChI is InChI=1S/C24H23FN2O4/c1-4-31-24(30)19-15(3)26-21(20(19)17-12-8-9-13-18(17)25)22(28)23(29)27-14(2)16-10-6-5-7-11-16/h5-14,26H,4H2,1-3H3,(H,27,29)/t14-/m1/s1. The van der Waals surface area contributed by atoms with Crippen molar-refractivity contribution in [1.29, 1.82) is 0 Å². The van der Waals surface area contributed by atoms with Crippen LogP contribution in [-0.4, -0.2) is 29.3 Å². The molecule has 0 spiro atoms. The maximum Gasteiger partial charge on any atom is 0.340 e. The summed E-state index contributed by atoms with van der Waals surface area (Å²) in [6, 6.07) is 14.5. The van der Waals surface area contributed by atoms with Crippen LogP contribution >= 0.6 is 0 Å². The number of halogens is 1. The Kier molecular flexibility index (Phi) is 6.65. The van der Waals surface area contributed by atoms with Crippen LogP contribution in [0.25, 0.3) is 11.1 Å². The summed E-state index contributed by atoms with van der Waals surface area (Å²) < 4.78 is 19.7. The van der Waals surface area contributed by atoms with Gasteiger partial charge in [-0.3, -0.25) is 9.59 Å². The van der Waals surface area contributed by atoms with Gasteiger partial charge in [-0.2, -0.15) is 0 Å². The molecule has 160 valence electrons. The zero-order valence-electron chi connectivity index (χ0n) is 17.5. The molecule has 7 heteroatoms. The number of amides is 1. The SMILES string of the molecule is CCOC(=O)c1c(C)[nH]c(C(=O)C(=O)N[C@H](C)c2ccccc2)c1-c1ccccc1F. The number of rotatable bonds is 7. The maximum atomic E-state index is 14.6. The highest BCUT2D eigenvalue weighted by Gasteiger charge is 2.31. The number of hydrogen-bond donors (Lipinski definition) is 2. The van der Waals surface area contributed by atoms with Crippen LogP contribution in [0.3, 0.4) is 0 Å². The molecule has 0 aliphatic rings. The molecule has 3 rings (SSSR count). The number of benzene rings is 2. The number of Topliss-reactive ketones (excluding diaryl/α,β-unsaturated/α-hetero) is 1. The van der Waals surface area contributed by atoms with E-state index in [9.17, 15) is 18.8 Å². The Balaban J connectivity index is 2.03. The van der Waals surface area contributed by atoms with E-state index in [1.165, 1.54) is 18.2 Å². The summed E-state index contributed by atoms with van der Waals surface area (Å²) in [5, 5.41) is 2.65. The number of aromatic nitrogens is 1. The first-order valence-electron chi connectivity index (χ1n) is 9.89. The molecule has 1 heterocycles. The van der Waals surface area contributed by atoms with Gasteiger partial charge < -0.3 is 15.0 Å². The second kappa shape index (κ2) is 9.38. The van der Waals surface area contributed by atoms with Crippen molar-refractivity contribution in [1.82, 2.24) is 10.3 Å². The van der Waals surface area contributed by atoms with E-state index in [4.69, 9.17) is 4.74 Å². The smallest absolute Gasteiger partial charge is 0.340 e. The third kappa shape index (κ3) is 4.55. The fourth-order valence-corrected chi connectivity index (χ4v) is 3.39. The number of aryl methyl sites for hydroxylation is 1. The summed E-state index contributed by atoms with van der Waals surface area (Å²) in [4.78, 5) is 41.1. The highest BCUT2D eigenvalue weighted by Crippen LogP contribution is 2.33. The molecular formula is C24H23FN2O4. The summed E-state index contributed by atoms with van der Waals surface area (Å²) >= 11 is 0. The monoisotopic (exact) mass is 422 g/mol. The van der Waals surface area contributed by atoms with E-state index in [0.717, 1.165) is 5.56 Å². The molecule has 0 saturated heterocycles. The van der Waals surface area contributed by atoms with Crippen LogP contribution in [0.15, 0.2) is 54.6 Å². The number of ether oxygens (including phenoxy) is 1. The van der Waals surface area contributed by atoms with Crippen LogP contribution in [-0.2, 0) is 9.53 Å². The molecule has 0 saturated carbocycles. The van der Waals surface area contributed by atoms with Crippen LogP contribution in [0, 0.1) is 12.7 Å². The van der Waals surface area contributed by atoms with Gasteiger partial charge >= 0.3 is 5.97 Å². The quantitative estimate of drug-likeness (QED) is 0.336. The Morgan fingerprint density at radius 2 is 1.71 bits per heavy atom. The van der Waals surface area contributed by atoms with Crippen molar-refractivity contribution < 1.29 is 23.5 Å². The van der Waals surface area contributed by atoms with Gasteiger partial charge in [0.05, 0.1) is 18.2 Å². The average Bonchev–Trinajstić information content (AvgIpc) is 3.11. The Labute approximate surface area is 179 Å². The Hall–Kier alpha value is -3.74. The van der Waals surface area contributed by atoms with Crippen LogP contribution < -0.4 is 5.32 Å². The summed E-state index contributed by atoms with van der Waals surface area (Å²) in [5.41, 5.74) is 1.04. The summed E-state index contributed by atoms with van der Waals surface area (Å²) in [6.45, 7) is 5.08. The zero-order chi connectivity index (χ0) is 22.5. The van der Waals surface area contributed by atoms with E-state index in [2.05, 4.69) is 10.3 Å². The van der Waals surface area contributed by atoms with E-state index < -0.39 is 29.5 Å². The van der Waals surface area contributed by atoms with Gasteiger partial charge in [0.2, 0.25) is 0 Å². The first-order chi connectivity index (χ1) is 14.8. The molecule has 0 aliphatic carbocycles. The largest absolute Gasteiger partial charge is 0.462 e. The molecule has 3 aromatic rings. The lowest BCUT2D eigenvalue weighted by Crippen LogP contribution is -2.33. The van der Waals surface area contributed by atoms with Crippen molar-refractivity contribution in [2.24, 2.45) is 0 Å². The van der Waals surface area contributed by atoms with Gasteiger partial charge in [0.15, 0.2) is 0 Å². The van der Waals surface area contributed by atoms with Crippen molar-refractivity contribution in [3.05, 3.63) is 82.9 Å². The molecule has 0 fully saturated rings. The van der Waals surface area contributed by atoms with Gasteiger partial charge in [0.1, 0.15) is 11.5 Å². The number of esters is 1. The van der Waals surface area contributed by atoms with Crippen molar-refractivity contribution >= 4 is 17.7 Å². The number of H-pyrrole nitrogens is 1. The topological polar surface area (TPSA) is 88.3 Å². The second-order valence-electron chi connectivity index (χ2n) is 7.01. The van der Waals surface area contributed by atoms with Crippen molar-refractivity contribution in [3.8, 4) is 11.1 Å². The molecule has 0 aliphatic heterocycles. The minimum atomic E-state index is -0.903. The third-order valence-corrected chi connectivity index (χ3v) is 4.89. The summed E-state index contributed by atoms with van der Waals surface area (Å²) in [6.07, 6.45) is 0. The first-order valence-corrected chi connectivity index (χ1v) is 9.89. The maximum absolute atomic E-state index is 14.6. The Bertz CT molecular complexity index is 1120. The zero-order valence-corrected chi connectivity index (χ0v) is 17.5. The molecule has 6 nitrogen and oxygen atoms in total. The van der Waals surface area contributed by atoms with Crippen LogP contribution in [0.1, 0.15) is 52.0 Å². The molecule has 1 aromatic heterocycles. The van der Waals surface area contributed by atoms with Crippen LogP contribution in [0.2, 0.25) is 0 Å². The van der Waals surface area contributed by atoms with Crippen LogP contribution in [0.5, 0.6) is 0 Å². The van der Waals surface area contributed by atoms with Gasteiger partial charge in [-0.25, -0.2) is 9.18 Å². The highest BCUT2D eigenvalue weighted by atomic mass is 19.1. The molecule has 1 atom stereocenters. The van der Waals surface area contributed by atoms with E-state index >= 15 is 0 Å². The van der Waals surface area contributed by atoms with Crippen molar-refractivity contribution in [2.75, 3.05) is 6.61 Å². The number of nitrogens with one attached hydrogen (secondary N) is 2. The second-order valence-corrected chi connectivity index (χ2v) is 7.01. The molecule has 31 heavy (non-hydrogen) atoms. The first kappa shape index (κ1) is 22.0. The normalized spacial score (nSPS) is 11.6. The highest BCUT2D eigenvalue weighted by molar-refractivity contribution is 6.44. The van der Waals surface area contributed by atoms with E-state index in [-0.39, 0.29) is 29.0 Å². The third-order valence-electron chi connectivity index (χ3n) is 4.89. The molecular weight excluding hydrogens is 399 g/mol. The van der Waals surface area contributed by atoms with E-state index in [1.54, 1.807) is 26.8 Å². The van der Waals surface area contributed by atoms with Gasteiger partial charge in [-0.05, 0) is 32.4 Å². The van der Waals surface area contributed by atoms with Crippen molar-refractivity contribution in [2.45, 2.75) is 26.8 Å². The lowest BCUT2D eigenvalue weighted by Gasteiger charge is -2.14. The molecule has 1 amide bonds. The van der Waals surface area contributed by atoms with Gasteiger partial charge in [-0.15, -0.1) is 0 Å². The summed E-state index contributed by atoms with van der Waals surface area (Å²) in [7, 11) is 0. The average molecular weight is 422 g/mol. The molecule has 2 aromatic carbocycles.